The SMILES string of the molecule is NC(=O)c1c(F)c(C2(S(=O)(=O)O)CC2)c(F)c(F)c1Nc1ccc(I)cc1F. The molecule has 150 valence electrons. The van der Waals surface area contributed by atoms with Crippen molar-refractivity contribution in [1.82, 2.24) is 0 Å². The number of nitrogens with one attached hydrogen (secondary N) is 1. The lowest BCUT2D eigenvalue weighted by Crippen LogP contribution is -2.27. The van der Waals surface area contributed by atoms with E-state index in [2.05, 4.69) is 5.32 Å². The topological polar surface area (TPSA) is 109 Å². The van der Waals surface area contributed by atoms with E-state index in [1.807, 2.05) is 0 Å². The molecule has 1 fully saturated rings. The van der Waals surface area contributed by atoms with Crippen LogP contribution in [0.3, 0.4) is 0 Å². The number of carbonyl (C=O) groups excluding carboxylic acids is 1. The maximum absolute atomic E-state index is 14.9. The molecule has 0 heterocycles. The number of primary amides is 1. The minimum atomic E-state index is -5.01. The van der Waals surface area contributed by atoms with Crippen molar-refractivity contribution in [1.29, 1.82) is 0 Å². The standard InChI is InChI=1S/C16H11F4IN2O4S/c17-7-5-6(21)1-2-8(7)23-14-9(15(22)24)11(18)10(12(19)13(14)20)16(3-4-16)28(25,26)27/h1-2,5,23H,3-4H2,(H2,22,24)(H,25,26,27). The van der Waals surface area contributed by atoms with Crippen molar-refractivity contribution in [2.75, 3.05) is 5.32 Å². The lowest BCUT2D eigenvalue weighted by Gasteiger charge is -2.20. The van der Waals surface area contributed by atoms with Crippen molar-refractivity contribution in [2.24, 2.45) is 5.73 Å². The maximum Gasteiger partial charge on any atom is 0.275 e. The van der Waals surface area contributed by atoms with Crippen LogP contribution in [0.1, 0.15) is 28.8 Å². The predicted octanol–water partition coefficient (Wildman–Crippen LogP) is 3.57. The lowest BCUT2D eigenvalue weighted by molar-refractivity contribution is 0.0996. The van der Waals surface area contributed by atoms with Crippen LogP contribution in [0.2, 0.25) is 0 Å². The van der Waals surface area contributed by atoms with Gasteiger partial charge < -0.3 is 11.1 Å². The number of halogens is 5. The van der Waals surface area contributed by atoms with Crippen molar-refractivity contribution in [3.05, 3.63) is 56.2 Å². The summed E-state index contributed by atoms with van der Waals surface area (Å²) in [6.07, 6.45) is -0.758. The van der Waals surface area contributed by atoms with Crippen LogP contribution in [0.4, 0.5) is 28.9 Å². The largest absolute Gasteiger partial charge is 0.365 e. The Morgan fingerprint density at radius 1 is 1.14 bits per heavy atom. The van der Waals surface area contributed by atoms with Crippen LogP contribution in [-0.4, -0.2) is 18.9 Å². The van der Waals surface area contributed by atoms with Gasteiger partial charge in [0.05, 0.1) is 16.9 Å². The Bertz CT molecular complexity index is 1120. The molecule has 28 heavy (non-hydrogen) atoms. The fraction of sp³-hybridized carbons (Fsp3) is 0.188. The van der Waals surface area contributed by atoms with Crippen LogP contribution >= 0.6 is 22.6 Å². The highest BCUT2D eigenvalue weighted by atomic mass is 127. The van der Waals surface area contributed by atoms with E-state index in [1.165, 1.54) is 6.07 Å². The first-order chi connectivity index (χ1) is 12.9. The summed E-state index contributed by atoms with van der Waals surface area (Å²) >= 11 is 1.80. The normalized spacial score (nSPS) is 15.4. The number of hydrogen-bond acceptors (Lipinski definition) is 4. The van der Waals surface area contributed by atoms with Gasteiger partial charge in [0.25, 0.3) is 16.0 Å². The molecule has 0 bridgehead atoms. The Balaban J connectivity index is 2.27. The van der Waals surface area contributed by atoms with E-state index in [1.54, 1.807) is 22.6 Å². The second-order valence-electron chi connectivity index (χ2n) is 6.15. The molecule has 1 aliphatic carbocycles. The molecule has 0 spiro atoms. The Hall–Kier alpha value is -1.93. The number of rotatable bonds is 5. The van der Waals surface area contributed by atoms with Crippen molar-refractivity contribution in [3.8, 4) is 0 Å². The van der Waals surface area contributed by atoms with Crippen molar-refractivity contribution >= 4 is 50.0 Å². The van der Waals surface area contributed by atoms with Crippen LogP contribution in [0.15, 0.2) is 18.2 Å². The maximum atomic E-state index is 14.9. The zero-order valence-corrected chi connectivity index (χ0v) is 16.7. The predicted molar refractivity (Wildman–Crippen MR) is 99.7 cm³/mol. The molecule has 4 N–H and O–H groups in total. The molecule has 0 unspecified atom stereocenters. The molecule has 0 aromatic heterocycles. The first kappa shape index (κ1) is 20.8. The van der Waals surface area contributed by atoms with Crippen molar-refractivity contribution in [3.63, 3.8) is 0 Å². The first-order valence-electron chi connectivity index (χ1n) is 7.60. The van der Waals surface area contributed by atoms with Crippen molar-refractivity contribution < 1.29 is 35.3 Å². The first-order valence-corrected chi connectivity index (χ1v) is 10.1. The number of carbonyl (C=O) groups is 1. The van der Waals surface area contributed by atoms with Gasteiger partial charge in [0.1, 0.15) is 21.9 Å². The van der Waals surface area contributed by atoms with E-state index >= 15 is 0 Å². The van der Waals surface area contributed by atoms with Gasteiger partial charge in [0.15, 0.2) is 11.6 Å². The molecule has 0 atom stereocenters. The molecular formula is C16H11F4IN2O4S. The third kappa shape index (κ3) is 3.22. The summed E-state index contributed by atoms with van der Waals surface area (Å²) in [5.74, 6) is -7.94. The second-order valence-corrected chi connectivity index (χ2v) is 9.13. The molecule has 0 saturated heterocycles. The van der Waals surface area contributed by atoms with Gasteiger partial charge in [-0.3, -0.25) is 9.35 Å². The lowest BCUT2D eigenvalue weighted by atomic mass is 10.0. The number of nitrogens with two attached hydrogens (primary N) is 1. The quantitative estimate of drug-likeness (QED) is 0.237. The molecule has 12 heteroatoms. The molecule has 0 aliphatic heterocycles. The van der Waals surface area contributed by atoms with Crippen LogP contribution in [0.25, 0.3) is 0 Å². The minimum Gasteiger partial charge on any atom is -0.365 e. The Morgan fingerprint density at radius 2 is 1.75 bits per heavy atom. The molecular weight excluding hydrogens is 519 g/mol. The van der Waals surface area contributed by atoms with Gasteiger partial charge in [-0.2, -0.15) is 8.42 Å². The van der Waals surface area contributed by atoms with E-state index in [-0.39, 0.29) is 12.8 Å². The Kier molecular flexibility index (Phi) is 5.08. The summed E-state index contributed by atoms with van der Waals surface area (Å²) < 4.78 is 88.9. The highest BCUT2D eigenvalue weighted by molar-refractivity contribution is 14.1. The number of anilines is 2. The van der Waals surface area contributed by atoms with E-state index in [9.17, 15) is 35.3 Å². The van der Waals surface area contributed by atoms with Gasteiger partial charge in [0, 0.05) is 3.57 Å². The molecule has 1 amide bonds. The molecule has 1 saturated carbocycles. The Morgan fingerprint density at radius 3 is 2.21 bits per heavy atom. The van der Waals surface area contributed by atoms with Gasteiger partial charge in [0.2, 0.25) is 0 Å². The van der Waals surface area contributed by atoms with Crippen LogP contribution in [0, 0.1) is 26.8 Å². The molecule has 1 aliphatic rings. The van der Waals surface area contributed by atoms with Crippen LogP contribution in [-0.2, 0) is 14.9 Å². The van der Waals surface area contributed by atoms with Gasteiger partial charge in [-0.1, -0.05) is 0 Å². The van der Waals surface area contributed by atoms with Crippen molar-refractivity contribution in [2.45, 2.75) is 17.6 Å². The molecule has 2 aromatic carbocycles. The summed E-state index contributed by atoms with van der Waals surface area (Å²) in [5, 5.41) is 2.09. The minimum absolute atomic E-state index is 0.379. The smallest absolute Gasteiger partial charge is 0.275 e. The zero-order chi connectivity index (χ0) is 21.0. The highest BCUT2D eigenvalue weighted by Crippen LogP contribution is 2.55. The number of benzene rings is 2. The van der Waals surface area contributed by atoms with Gasteiger partial charge >= 0.3 is 0 Å². The monoisotopic (exact) mass is 530 g/mol. The summed E-state index contributed by atoms with van der Waals surface area (Å²) in [4.78, 5) is 11.7. The zero-order valence-electron chi connectivity index (χ0n) is 13.7. The number of hydrogen-bond donors (Lipinski definition) is 3. The fourth-order valence-corrected chi connectivity index (χ4v) is 4.39. The van der Waals surface area contributed by atoms with Crippen LogP contribution < -0.4 is 11.1 Å². The Labute approximate surface area is 170 Å². The molecule has 6 nitrogen and oxygen atoms in total. The van der Waals surface area contributed by atoms with E-state index < -0.39 is 66.5 Å². The molecule has 3 rings (SSSR count). The summed E-state index contributed by atoms with van der Waals surface area (Å²) in [5.41, 5.74) is 1.09. The summed E-state index contributed by atoms with van der Waals surface area (Å²) in [7, 11) is -5.01. The second kappa shape index (κ2) is 6.84. The average molecular weight is 530 g/mol. The third-order valence-electron chi connectivity index (χ3n) is 4.41. The average Bonchev–Trinajstić information content (AvgIpc) is 3.36. The summed E-state index contributed by atoms with van der Waals surface area (Å²) in [6.45, 7) is 0. The number of amides is 1. The van der Waals surface area contributed by atoms with Crippen LogP contribution in [0.5, 0.6) is 0 Å². The van der Waals surface area contributed by atoms with Gasteiger partial charge in [-0.05, 0) is 53.6 Å². The molecule has 2 aromatic rings. The van der Waals surface area contributed by atoms with E-state index in [0.717, 1.165) is 12.1 Å². The van der Waals surface area contributed by atoms with Gasteiger partial charge in [-0.25, -0.2) is 17.6 Å². The van der Waals surface area contributed by atoms with Gasteiger partial charge in [-0.15, -0.1) is 0 Å². The molecule has 0 radical (unpaired) electrons. The summed E-state index contributed by atoms with van der Waals surface area (Å²) in [6, 6.07) is 3.60. The van der Waals surface area contributed by atoms with E-state index in [0.29, 0.717) is 3.57 Å². The highest BCUT2D eigenvalue weighted by Gasteiger charge is 2.59. The van der Waals surface area contributed by atoms with E-state index in [4.69, 9.17) is 5.73 Å². The fourth-order valence-electron chi connectivity index (χ4n) is 2.89. The third-order valence-corrected chi connectivity index (χ3v) is 6.68.